The zero-order valence-electron chi connectivity index (χ0n) is 4.59. The van der Waals surface area contributed by atoms with Crippen molar-refractivity contribution in [3.8, 4) is 0 Å². The van der Waals surface area contributed by atoms with Gasteiger partial charge in [-0.15, -0.1) is 0 Å². The summed E-state index contributed by atoms with van der Waals surface area (Å²) in [6.45, 7) is 4.44. The van der Waals surface area contributed by atoms with Gasteiger partial charge in [-0.25, -0.2) is 4.57 Å². The predicted octanol–water partition coefficient (Wildman–Crippen LogP) is 1.55. The minimum atomic E-state index is -0.833. The van der Waals surface area contributed by atoms with Crippen LogP contribution >= 0.6 is 8.69 Å². The first-order valence-corrected chi connectivity index (χ1v) is 4.42. The number of hydrogen-bond acceptors (Lipinski definition) is 1. The summed E-state index contributed by atoms with van der Waals surface area (Å²) in [5.74, 6) is 0. The summed E-state index contributed by atoms with van der Waals surface area (Å²) >= 11 is 1.43. The minimum absolute atomic E-state index is 0.833. The van der Waals surface area contributed by atoms with E-state index in [0.29, 0.717) is 0 Å². The largest absolute Gasteiger partial charge is 0.324 e. The van der Waals surface area contributed by atoms with Crippen molar-refractivity contribution in [2.24, 2.45) is 0 Å². The van der Waals surface area contributed by atoms with Crippen LogP contribution in [0.2, 0.25) is 4.51 Å². The monoisotopic (exact) mass is 171 g/mol. The van der Waals surface area contributed by atoms with Gasteiger partial charge in [-0.05, 0) is 0 Å². The SMILES string of the molecule is C[CH](C)[Zn].O=PO. The van der Waals surface area contributed by atoms with Crippen LogP contribution in [0.4, 0.5) is 0 Å². The van der Waals surface area contributed by atoms with Crippen LogP contribution in [-0.2, 0) is 22.9 Å². The van der Waals surface area contributed by atoms with Gasteiger partial charge < -0.3 is 4.89 Å². The van der Waals surface area contributed by atoms with E-state index >= 15 is 0 Å². The summed E-state index contributed by atoms with van der Waals surface area (Å²) in [6.07, 6.45) is 0. The summed E-state index contributed by atoms with van der Waals surface area (Å²) in [5.41, 5.74) is 0. The summed E-state index contributed by atoms with van der Waals surface area (Å²) in [5, 5.41) is 0. The van der Waals surface area contributed by atoms with Crippen molar-refractivity contribution in [3.05, 3.63) is 0 Å². The van der Waals surface area contributed by atoms with Gasteiger partial charge in [0, 0.05) is 0 Å². The Bertz CT molecular complexity index is 37.2. The molecule has 0 bridgehead atoms. The Morgan fingerprint density at radius 2 is 1.71 bits per heavy atom. The maximum Gasteiger partial charge on any atom is 0.324 e. The van der Waals surface area contributed by atoms with Gasteiger partial charge in [0.05, 0.1) is 0 Å². The molecule has 7 heavy (non-hydrogen) atoms. The summed E-state index contributed by atoms with van der Waals surface area (Å²) in [6, 6.07) is 0. The molecule has 0 radical (unpaired) electrons. The Kier molecular flexibility index (Phi) is 14.9. The van der Waals surface area contributed by atoms with Gasteiger partial charge in [0.2, 0.25) is 0 Å². The maximum absolute atomic E-state index is 8.46. The van der Waals surface area contributed by atoms with Crippen LogP contribution in [0.5, 0.6) is 0 Å². The van der Waals surface area contributed by atoms with E-state index in [-0.39, 0.29) is 0 Å². The summed E-state index contributed by atoms with van der Waals surface area (Å²) < 4.78 is 9.42. The smallest absolute Gasteiger partial charge is 0.310 e. The molecule has 0 aromatic rings. The van der Waals surface area contributed by atoms with Gasteiger partial charge >= 0.3 is 45.3 Å². The molecule has 0 rings (SSSR count). The van der Waals surface area contributed by atoms with Crippen molar-refractivity contribution in [3.63, 3.8) is 0 Å². The van der Waals surface area contributed by atoms with Crippen molar-refractivity contribution in [1.29, 1.82) is 0 Å². The summed E-state index contributed by atoms with van der Waals surface area (Å²) in [7, 11) is -0.833. The van der Waals surface area contributed by atoms with Gasteiger partial charge in [-0.2, -0.15) is 0 Å². The van der Waals surface area contributed by atoms with Crippen LogP contribution < -0.4 is 0 Å². The van der Waals surface area contributed by atoms with E-state index in [2.05, 4.69) is 13.8 Å². The first-order chi connectivity index (χ1) is 3.15. The van der Waals surface area contributed by atoms with Crippen LogP contribution in [0.1, 0.15) is 13.8 Å². The molecule has 0 fully saturated rings. The second-order valence-electron chi connectivity index (χ2n) is 1.48. The van der Waals surface area contributed by atoms with Gasteiger partial charge in [0.25, 0.3) is 0 Å². The van der Waals surface area contributed by atoms with Gasteiger partial charge in [-0.1, -0.05) is 0 Å². The number of hydrogen-bond donors (Lipinski definition) is 1. The third-order valence-corrected chi connectivity index (χ3v) is 0. The second-order valence-corrected chi connectivity index (χ2v) is 5.06. The molecule has 0 saturated carbocycles. The van der Waals surface area contributed by atoms with Crippen molar-refractivity contribution in [1.82, 2.24) is 0 Å². The van der Waals surface area contributed by atoms with E-state index in [1.54, 1.807) is 0 Å². The molecular formula is C3H8O2PZn. The Balaban J connectivity index is 0. The van der Waals surface area contributed by atoms with E-state index in [1.165, 1.54) is 18.3 Å². The van der Waals surface area contributed by atoms with Crippen LogP contribution in [0.15, 0.2) is 0 Å². The zero-order valence-corrected chi connectivity index (χ0v) is 8.45. The van der Waals surface area contributed by atoms with Crippen LogP contribution in [0.3, 0.4) is 0 Å². The molecule has 4 heteroatoms. The first kappa shape index (κ1) is 10.6. The maximum atomic E-state index is 8.46. The van der Waals surface area contributed by atoms with E-state index in [0.717, 1.165) is 4.51 Å². The quantitative estimate of drug-likeness (QED) is 0.445. The number of rotatable bonds is 0. The average molecular weight is 172 g/mol. The van der Waals surface area contributed by atoms with Crippen molar-refractivity contribution >= 4 is 8.69 Å². The third kappa shape index (κ3) is 314. The van der Waals surface area contributed by atoms with E-state index in [9.17, 15) is 0 Å². The first-order valence-electron chi connectivity index (χ1n) is 1.95. The minimum Gasteiger partial charge on any atom is -0.310 e. The molecule has 0 spiro atoms. The molecule has 0 aliphatic rings. The molecule has 0 aromatic heterocycles. The summed E-state index contributed by atoms with van der Waals surface area (Å²) in [4.78, 5) is 6.99. The molecule has 0 aliphatic heterocycles. The zero-order chi connectivity index (χ0) is 6.28. The van der Waals surface area contributed by atoms with E-state index in [1.807, 2.05) is 0 Å². The van der Waals surface area contributed by atoms with Crippen LogP contribution in [0, 0.1) is 0 Å². The second kappa shape index (κ2) is 9.84. The third-order valence-electron chi connectivity index (χ3n) is 0. The standard InChI is InChI=1S/C3H7.HO2P.Zn/c2*1-3-2;/h3H,1-2H3;(H,1,2);. The van der Waals surface area contributed by atoms with Gasteiger partial charge in [-0.3, -0.25) is 0 Å². The molecule has 0 aromatic carbocycles. The fourth-order valence-corrected chi connectivity index (χ4v) is 0. The topological polar surface area (TPSA) is 37.3 Å². The van der Waals surface area contributed by atoms with Crippen molar-refractivity contribution in [2.75, 3.05) is 0 Å². The normalized spacial score (nSPS) is 8.29. The molecule has 0 saturated heterocycles. The predicted molar refractivity (Wildman–Crippen MR) is 24.9 cm³/mol. The molecule has 0 aliphatic carbocycles. The Hall–Kier alpha value is 0.683. The Morgan fingerprint density at radius 3 is 1.71 bits per heavy atom. The van der Waals surface area contributed by atoms with Crippen molar-refractivity contribution in [2.45, 2.75) is 18.4 Å². The molecule has 2 nitrogen and oxygen atoms in total. The fraction of sp³-hybridized carbons (Fsp3) is 1.00. The molecule has 0 unspecified atom stereocenters. The Morgan fingerprint density at radius 1 is 1.71 bits per heavy atom. The van der Waals surface area contributed by atoms with Gasteiger partial charge in [0.1, 0.15) is 0 Å². The molecule has 0 amide bonds. The average Bonchev–Trinajstić information content (AvgIpc) is 1.33. The molecular weight excluding hydrogens is 164 g/mol. The van der Waals surface area contributed by atoms with E-state index in [4.69, 9.17) is 9.46 Å². The van der Waals surface area contributed by atoms with Gasteiger partial charge in [0.15, 0.2) is 0 Å². The van der Waals surface area contributed by atoms with Crippen LogP contribution in [0.25, 0.3) is 0 Å². The van der Waals surface area contributed by atoms with Crippen molar-refractivity contribution < 1.29 is 27.8 Å². The molecule has 0 heterocycles. The molecule has 1 N–H and O–H groups in total. The van der Waals surface area contributed by atoms with E-state index < -0.39 is 8.69 Å². The molecule has 0 atom stereocenters. The fourth-order valence-electron chi connectivity index (χ4n) is 0. The molecule has 39 valence electrons. The Labute approximate surface area is 55.3 Å². The van der Waals surface area contributed by atoms with Crippen LogP contribution in [-0.4, -0.2) is 4.89 Å².